The molecule has 4 rings (SSSR count). The molecule has 36 heavy (non-hydrogen) atoms. The summed E-state index contributed by atoms with van der Waals surface area (Å²) in [6, 6.07) is 4.09. The van der Waals surface area contributed by atoms with E-state index in [0.717, 1.165) is 25.1 Å². The second-order valence-corrected chi connectivity index (χ2v) is 13.0. The number of anilines is 1. The van der Waals surface area contributed by atoms with Crippen molar-refractivity contribution >= 4 is 43.5 Å². The standard InChI is InChI=1S/C26H39BrN4O4S/c1-3-22-9-5-6-12-29(22)15-11-28-26(33)20-8-7-13-30(18-20)36(34,35)23-17-21(27)16-19-10-14-31(25(19)23)24(32)4-2/h16-17,20,22H,3-15,18H2,1-2H3,(H,28,33)/t20-,22+/m0/s1. The number of nitrogens with zero attached hydrogens (tertiary/aromatic N) is 3. The number of likely N-dealkylation sites (tertiary alicyclic amines) is 1. The third kappa shape index (κ3) is 5.81. The third-order valence-corrected chi connectivity index (χ3v) is 10.2. The third-order valence-electron chi connectivity index (χ3n) is 7.89. The first-order valence-corrected chi connectivity index (χ1v) is 15.6. The highest BCUT2D eigenvalue weighted by Gasteiger charge is 2.38. The van der Waals surface area contributed by atoms with Crippen LogP contribution in [0.2, 0.25) is 0 Å². The van der Waals surface area contributed by atoms with Gasteiger partial charge in [0.05, 0.1) is 11.6 Å². The van der Waals surface area contributed by atoms with E-state index in [2.05, 4.69) is 33.1 Å². The Hall–Kier alpha value is -1.49. The van der Waals surface area contributed by atoms with E-state index >= 15 is 0 Å². The summed E-state index contributed by atoms with van der Waals surface area (Å²) in [6.45, 7) is 7.54. The number of benzene rings is 1. The molecular formula is C26H39BrN4O4S. The Morgan fingerprint density at radius 1 is 1.08 bits per heavy atom. The molecule has 0 bridgehead atoms. The van der Waals surface area contributed by atoms with E-state index < -0.39 is 10.0 Å². The molecule has 3 aliphatic heterocycles. The van der Waals surface area contributed by atoms with E-state index in [1.807, 2.05) is 6.07 Å². The maximum absolute atomic E-state index is 13.8. The summed E-state index contributed by atoms with van der Waals surface area (Å²) in [6.07, 6.45) is 7.09. The Kier molecular flexibility index (Phi) is 9.12. The molecule has 0 radical (unpaired) electrons. The fourth-order valence-electron chi connectivity index (χ4n) is 5.90. The van der Waals surface area contributed by atoms with Crippen LogP contribution in [0.15, 0.2) is 21.5 Å². The van der Waals surface area contributed by atoms with Crippen LogP contribution in [0.5, 0.6) is 0 Å². The van der Waals surface area contributed by atoms with Crippen LogP contribution in [-0.2, 0) is 26.0 Å². The Balaban J connectivity index is 1.44. The molecule has 3 heterocycles. The second-order valence-electron chi connectivity index (χ2n) is 10.1. The minimum absolute atomic E-state index is 0.0674. The number of carbonyl (C=O) groups is 2. The van der Waals surface area contributed by atoms with Gasteiger partial charge in [0.2, 0.25) is 21.8 Å². The summed E-state index contributed by atoms with van der Waals surface area (Å²) in [5.74, 6) is -0.518. The highest BCUT2D eigenvalue weighted by molar-refractivity contribution is 9.10. The lowest BCUT2D eigenvalue weighted by molar-refractivity contribution is -0.126. The van der Waals surface area contributed by atoms with Crippen molar-refractivity contribution in [2.45, 2.75) is 76.2 Å². The fraction of sp³-hybridized carbons (Fsp3) is 0.692. The number of piperidine rings is 2. The van der Waals surface area contributed by atoms with Crippen molar-refractivity contribution in [3.8, 4) is 0 Å². The Morgan fingerprint density at radius 3 is 2.64 bits per heavy atom. The maximum atomic E-state index is 13.8. The van der Waals surface area contributed by atoms with Crippen LogP contribution in [0.4, 0.5) is 5.69 Å². The van der Waals surface area contributed by atoms with Crippen molar-refractivity contribution in [2.24, 2.45) is 5.92 Å². The topological polar surface area (TPSA) is 90.0 Å². The Labute approximate surface area is 223 Å². The van der Waals surface area contributed by atoms with Crippen LogP contribution in [0.1, 0.15) is 64.4 Å². The predicted molar refractivity (Wildman–Crippen MR) is 144 cm³/mol. The lowest BCUT2D eigenvalue weighted by Gasteiger charge is -2.35. The van der Waals surface area contributed by atoms with Gasteiger partial charge in [-0.05, 0) is 62.8 Å². The van der Waals surface area contributed by atoms with Gasteiger partial charge in [-0.3, -0.25) is 14.5 Å². The molecule has 1 aromatic rings. The number of amides is 2. The summed E-state index contributed by atoms with van der Waals surface area (Å²) >= 11 is 3.46. The van der Waals surface area contributed by atoms with Gasteiger partial charge in [-0.2, -0.15) is 4.31 Å². The van der Waals surface area contributed by atoms with Crippen LogP contribution in [-0.4, -0.2) is 74.7 Å². The van der Waals surface area contributed by atoms with E-state index in [-0.39, 0.29) is 29.2 Å². The molecule has 0 spiro atoms. The van der Waals surface area contributed by atoms with Gasteiger partial charge in [-0.15, -0.1) is 0 Å². The lowest BCUT2D eigenvalue weighted by atomic mass is 9.98. The van der Waals surface area contributed by atoms with E-state index in [1.165, 1.54) is 23.6 Å². The van der Waals surface area contributed by atoms with Gasteiger partial charge < -0.3 is 10.2 Å². The number of nitrogens with one attached hydrogen (secondary N) is 1. The fourth-order valence-corrected chi connectivity index (χ4v) is 8.35. The average Bonchev–Trinajstić information content (AvgIpc) is 3.31. The molecule has 2 fully saturated rings. The second kappa shape index (κ2) is 11.9. The van der Waals surface area contributed by atoms with Crippen LogP contribution in [0.25, 0.3) is 0 Å². The summed E-state index contributed by atoms with van der Waals surface area (Å²) in [7, 11) is -3.88. The van der Waals surface area contributed by atoms with Gasteiger partial charge in [0.25, 0.3) is 0 Å². The first-order valence-electron chi connectivity index (χ1n) is 13.4. The molecule has 1 aromatic carbocycles. The van der Waals surface area contributed by atoms with Gasteiger partial charge in [-0.1, -0.05) is 36.2 Å². The van der Waals surface area contributed by atoms with Crippen molar-refractivity contribution < 1.29 is 18.0 Å². The molecule has 0 aromatic heterocycles. The molecule has 1 N–H and O–H groups in total. The quantitative estimate of drug-likeness (QED) is 0.506. The molecule has 10 heteroatoms. The Morgan fingerprint density at radius 2 is 1.89 bits per heavy atom. The molecule has 0 unspecified atom stereocenters. The SMILES string of the molecule is CCC(=O)N1CCc2cc(Br)cc(S(=O)(=O)N3CCC[C@H](C(=O)NCCN4CCCC[C@H]4CC)C3)c21. The predicted octanol–water partition coefficient (Wildman–Crippen LogP) is 3.53. The van der Waals surface area contributed by atoms with Crippen molar-refractivity contribution in [2.75, 3.05) is 44.2 Å². The van der Waals surface area contributed by atoms with Crippen LogP contribution in [0, 0.1) is 5.92 Å². The first-order chi connectivity index (χ1) is 17.3. The largest absolute Gasteiger partial charge is 0.355 e. The minimum Gasteiger partial charge on any atom is -0.355 e. The normalized spacial score (nSPS) is 23.5. The number of carbonyl (C=O) groups excluding carboxylic acids is 2. The van der Waals surface area contributed by atoms with Crippen molar-refractivity contribution in [3.63, 3.8) is 0 Å². The number of sulfonamides is 1. The highest BCUT2D eigenvalue weighted by atomic mass is 79.9. The number of hydrogen-bond donors (Lipinski definition) is 1. The Bertz CT molecular complexity index is 1080. The number of rotatable bonds is 8. The average molecular weight is 584 g/mol. The van der Waals surface area contributed by atoms with E-state index in [1.54, 1.807) is 17.9 Å². The van der Waals surface area contributed by atoms with Gasteiger partial charge >= 0.3 is 0 Å². The van der Waals surface area contributed by atoms with Gasteiger partial charge in [0.1, 0.15) is 4.90 Å². The van der Waals surface area contributed by atoms with Gasteiger partial charge in [-0.25, -0.2) is 8.42 Å². The van der Waals surface area contributed by atoms with Crippen LogP contribution < -0.4 is 10.2 Å². The highest BCUT2D eigenvalue weighted by Crippen LogP contribution is 2.39. The molecule has 3 aliphatic rings. The van der Waals surface area contributed by atoms with Gasteiger partial charge in [0.15, 0.2) is 0 Å². The molecule has 8 nitrogen and oxygen atoms in total. The zero-order valence-corrected chi connectivity index (χ0v) is 23.9. The monoisotopic (exact) mass is 582 g/mol. The molecule has 0 aliphatic carbocycles. The summed E-state index contributed by atoms with van der Waals surface area (Å²) in [5, 5.41) is 3.07. The molecule has 200 valence electrons. The number of hydrogen-bond acceptors (Lipinski definition) is 5. The van der Waals surface area contributed by atoms with Crippen molar-refractivity contribution in [1.82, 2.24) is 14.5 Å². The lowest BCUT2D eigenvalue weighted by Crippen LogP contribution is -2.48. The smallest absolute Gasteiger partial charge is 0.245 e. The van der Waals surface area contributed by atoms with Crippen molar-refractivity contribution in [1.29, 1.82) is 0 Å². The minimum atomic E-state index is -3.88. The summed E-state index contributed by atoms with van der Waals surface area (Å²) in [4.78, 5) is 29.8. The maximum Gasteiger partial charge on any atom is 0.245 e. The summed E-state index contributed by atoms with van der Waals surface area (Å²) in [5.41, 5.74) is 1.36. The molecule has 2 atom stereocenters. The first kappa shape index (κ1) is 27.5. The molecular weight excluding hydrogens is 544 g/mol. The van der Waals surface area contributed by atoms with E-state index in [4.69, 9.17) is 0 Å². The zero-order chi connectivity index (χ0) is 25.9. The number of halogens is 1. The van der Waals surface area contributed by atoms with Crippen LogP contribution >= 0.6 is 15.9 Å². The molecule has 2 amide bonds. The zero-order valence-electron chi connectivity index (χ0n) is 21.5. The summed E-state index contributed by atoms with van der Waals surface area (Å²) < 4.78 is 29.8. The molecule has 0 saturated carbocycles. The van der Waals surface area contributed by atoms with E-state index in [9.17, 15) is 18.0 Å². The molecule has 2 saturated heterocycles. The van der Waals surface area contributed by atoms with E-state index in [0.29, 0.717) is 61.5 Å². The van der Waals surface area contributed by atoms with Crippen molar-refractivity contribution in [3.05, 3.63) is 22.2 Å². The van der Waals surface area contributed by atoms with Gasteiger partial charge in [0, 0.05) is 49.7 Å². The number of fused-ring (bicyclic) bond motifs is 1. The van der Waals surface area contributed by atoms with Crippen LogP contribution in [0.3, 0.4) is 0 Å².